The second-order valence-electron chi connectivity index (χ2n) is 14.8. The van der Waals surface area contributed by atoms with Gasteiger partial charge in [0.25, 0.3) is 0 Å². The first kappa shape index (κ1) is 29.1. The molecule has 254 valence electrons. The molecule has 3 heteroatoms. The summed E-state index contributed by atoms with van der Waals surface area (Å²) in [4.78, 5) is 0. The van der Waals surface area contributed by atoms with E-state index in [9.17, 15) is 0 Å². The lowest BCUT2D eigenvalue weighted by molar-refractivity contribution is 0.673. The Kier molecular flexibility index (Phi) is 5.63. The number of nitrogens with zero attached hydrogens (tertiary/aromatic N) is 2. The van der Waals surface area contributed by atoms with E-state index in [1.807, 2.05) is 0 Å². The molecular formula is C52H30N2O. The summed E-state index contributed by atoms with van der Waals surface area (Å²) in [5, 5.41) is 9.68. The van der Waals surface area contributed by atoms with Gasteiger partial charge in [-0.15, -0.1) is 0 Å². The molecule has 13 rings (SSSR count). The summed E-state index contributed by atoms with van der Waals surface area (Å²) in [5.74, 6) is 0. The summed E-state index contributed by atoms with van der Waals surface area (Å²) in [5.41, 5.74) is 16.4. The minimum atomic E-state index is 0.908. The topological polar surface area (TPSA) is 23.0 Å². The van der Waals surface area contributed by atoms with Gasteiger partial charge in [-0.1, -0.05) is 121 Å². The normalized spacial score (nSPS) is 12.4. The summed E-state index contributed by atoms with van der Waals surface area (Å²) in [6.45, 7) is 0. The fraction of sp³-hybridized carbons (Fsp3) is 0. The monoisotopic (exact) mass is 698 g/mol. The quantitative estimate of drug-likeness (QED) is 0.180. The SMILES string of the molecule is c1ccc(-c2ccc(-n3c4ccc5c6ccccc6oc5c4c4ccc5c(c6ccccc6n5-c5ccc6c(c5)-c5cccc7cccc-6c57)c43)cc2)cc1. The first-order chi connectivity index (χ1) is 27.3. The zero-order chi connectivity index (χ0) is 35.8. The van der Waals surface area contributed by atoms with Crippen LogP contribution in [0.5, 0.6) is 0 Å². The molecule has 3 nitrogen and oxygen atoms in total. The Morgan fingerprint density at radius 1 is 0.345 bits per heavy atom. The molecule has 0 saturated heterocycles. The van der Waals surface area contributed by atoms with Gasteiger partial charge in [0, 0.05) is 38.3 Å². The highest BCUT2D eigenvalue weighted by atomic mass is 16.3. The van der Waals surface area contributed by atoms with Crippen LogP contribution in [-0.4, -0.2) is 9.13 Å². The molecule has 0 atom stereocenters. The fourth-order valence-corrected chi connectivity index (χ4v) is 9.72. The molecule has 0 saturated carbocycles. The van der Waals surface area contributed by atoms with Crippen molar-refractivity contribution in [2.75, 3.05) is 0 Å². The average Bonchev–Trinajstić information content (AvgIpc) is 3.98. The lowest BCUT2D eigenvalue weighted by Gasteiger charge is -2.12. The molecule has 0 bridgehead atoms. The van der Waals surface area contributed by atoms with Crippen molar-refractivity contribution in [1.82, 2.24) is 9.13 Å². The van der Waals surface area contributed by atoms with Gasteiger partial charge >= 0.3 is 0 Å². The van der Waals surface area contributed by atoms with Gasteiger partial charge in [0.1, 0.15) is 11.2 Å². The molecular weight excluding hydrogens is 669 g/mol. The van der Waals surface area contributed by atoms with Crippen molar-refractivity contribution in [3.8, 4) is 44.8 Å². The van der Waals surface area contributed by atoms with Gasteiger partial charge in [0.2, 0.25) is 0 Å². The van der Waals surface area contributed by atoms with Crippen molar-refractivity contribution in [3.05, 3.63) is 182 Å². The van der Waals surface area contributed by atoms with E-state index in [1.165, 1.54) is 76.9 Å². The number of hydrogen-bond acceptors (Lipinski definition) is 1. The highest BCUT2D eigenvalue weighted by molar-refractivity contribution is 6.31. The molecule has 0 aliphatic heterocycles. The van der Waals surface area contributed by atoms with Gasteiger partial charge in [0.05, 0.1) is 27.5 Å². The van der Waals surface area contributed by atoms with Gasteiger partial charge < -0.3 is 13.6 Å². The van der Waals surface area contributed by atoms with E-state index >= 15 is 0 Å². The Bertz CT molecular complexity index is 3570. The molecule has 1 aliphatic rings. The number of fused-ring (bicyclic) bond motifs is 14. The largest absolute Gasteiger partial charge is 0.455 e. The van der Waals surface area contributed by atoms with E-state index in [2.05, 4.69) is 191 Å². The number of para-hydroxylation sites is 2. The molecule has 9 aromatic carbocycles. The lowest BCUT2D eigenvalue weighted by atomic mass is 10.0. The number of aromatic nitrogens is 2. The van der Waals surface area contributed by atoms with Gasteiger partial charge in [-0.2, -0.15) is 0 Å². The van der Waals surface area contributed by atoms with Crippen LogP contribution < -0.4 is 0 Å². The maximum absolute atomic E-state index is 6.75. The molecule has 3 aromatic heterocycles. The van der Waals surface area contributed by atoms with E-state index in [4.69, 9.17) is 4.42 Å². The fourth-order valence-electron chi connectivity index (χ4n) is 9.72. The predicted octanol–water partition coefficient (Wildman–Crippen LogP) is 14.2. The maximum atomic E-state index is 6.75. The van der Waals surface area contributed by atoms with Gasteiger partial charge in [0.15, 0.2) is 0 Å². The molecule has 0 radical (unpaired) electrons. The molecule has 0 unspecified atom stereocenters. The lowest BCUT2D eigenvalue weighted by Crippen LogP contribution is -1.96. The molecule has 12 aromatic rings. The van der Waals surface area contributed by atoms with Crippen molar-refractivity contribution in [3.63, 3.8) is 0 Å². The molecule has 0 spiro atoms. The smallest absolute Gasteiger partial charge is 0.145 e. The van der Waals surface area contributed by atoms with Crippen molar-refractivity contribution in [2.24, 2.45) is 0 Å². The number of rotatable bonds is 3. The molecule has 0 amide bonds. The second-order valence-corrected chi connectivity index (χ2v) is 14.8. The van der Waals surface area contributed by atoms with Crippen LogP contribution in [0, 0.1) is 0 Å². The zero-order valence-electron chi connectivity index (χ0n) is 29.6. The third-order valence-electron chi connectivity index (χ3n) is 12.0. The van der Waals surface area contributed by atoms with Crippen LogP contribution in [0.2, 0.25) is 0 Å². The number of benzene rings is 9. The Morgan fingerprint density at radius 3 is 1.85 bits per heavy atom. The molecule has 1 aliphatic carbocycles. The maximum Gasteiger partial charge on any atom is 0.145 e. The van der Waals surface area contributed by atoms with Crippen molar-refractivity contribution >= 4 is 76.3 Å². The summed E-state index contributed by atoms with van der Waals surface area (Å²) in [7, 11) is 0. The van der Waals surface area contributed by atoms with Gasteiger partial charge in [-0.3, -0.25) is 0 Å². The third kappa shape index (κ3) is 3.84. The first-order valence-corrected chi connectivity index (χ1v) is 18.9. The minimum Gasteiger partial charge on any atom is -0.455 e. The summed E-state index contributed by atoms with van der Waals surface area (Å²) in [6.07, 6.45) is 0. The summed E-state index contributed by atoms with van der Waals surface area (Å²) in [6, 6.07) is 66.4. The third-order valence-corrected chi connectivity index (χ3v) is 12.0. The summed E-state index contributed by atoms with van der Waals surface area (Å²) < 4.78 is 11.7. The summed E-state index contributed by atoms with van der Waals surface area (Å²) >= 11 is 0. The number of furan rings is 1. The second kappa shape index (κ2) is 10.6. The molecule has 55 heavy (non-hydrogen) atoms. The van der Waals surface area contributed by atoms with Gasteiger partial charge in [-0.25, -0.2) is 0 Å². The molecule has 0 N–H and O–H groups in total. The standard InChI is InChI=1S/C52H30N2O/c1-2-10-31(11-3-1)32-20-22-34(23-21-32)54-46-28-26-40-37-14-5-7-19-47(37)55-52(40)50(46)42-27-29-45-49(51(42)54)41-15-4-6-18-44(41)53(45)35-24-25-36-38-16-8-12-33-13-9-17-39(48(33)38)43(36)30-35/h1-30H. The Balaban J connectivity index is 1.14. The van der Waals surface area contributed by atoms with Crippen LogP contribution in [0.3, 0.4) is 0 Å². The van der Waals surface area contributed by atoms with E-state index in [1.54, 1.807) is 0 Å². The van der Waals surface area contributed by atoms with Crippen molar-refractivity contribution in [2.45, 2.75) is 0 Å². The van der Waals surface area contributed by atoms with Crippen LogP contribution in [0.25, 0.3) is 121 Å². The van der Waals surface area contributed by atoms with Crippen LogP contribution in [0.1, 0.15) is 0 Å². The van der Waals surface area contributed by atoms with Crippen LogP contribution in [0.4, 0.5) is 0 Å². The molecule has 0 fully saturated rings. The van der Waals surface area contributed by atoms with E-state index < -0.39 is 0 Å². The zero-order valence-corrected chi connectivity index (χ0v) is 29.6. The number of hydrogen-bond donors (Lipinski definition) is 0. The highest BCUT2D eigenvalue weighted by Gasteiger charge is 2.26. The average molecular weight is 699 g/mol. The Labute approximate surface area is 315 Å². The van der Waals surface area contributed by atoms with E-state index in [0.717, 1.165) is 44.2 Å². The molecule has 3 heterocycles. The van der Waals surface area contributed by atoms with Crippen LogP contribution >= 0.6 is 0 Å². The first-order valence-electron chi connectivity index (χ1n) is 18.9. The van der Waals surface area contributed by atoms with Gasteiger partial charge in [-0.05, 0) is 105 Å². The Morgan fingerprint density at radius 2 is 1.02 bits per heavy atom. The van der Waals surface area contributed by atoms with Crippen LogP contribution in [0.15, 0.2) is 186 Å². The Hall–Kier alpha value is -7.36. The van der Waals surface area contributed by atoms with E-state index in [0.29, 0.717) is 0 Å². The van der Waals surface area contributed by atoms with Crippen molar-refractivity contribution in [1.29, 1.82) is 0 Å². The van der Waals surface area contributed by atoms with Crippen molar-refractivity contribution < 1.29 is 4.42 Å². The minimum absolute atomic E-state index is 0.908. The highest BCUT2D eigenvalue weighted by Crippen LogP contribution is 2.49. The van der Waals surface area contributed by atoms with E-state index in [-0.39, 0.29) is 0 Å². The van der Waals surface area contributed by atoms with Crippen LogP contribution in [-0.2, 0) is 0 Å². The predicted molar refractivity (Wildman–Crippen MR) is 230 cm³/mol.